The molecule has 92 valence electrons. The van der Waals surface area contributed by atoms with Gasteiger partial charge >= 0.3 is 0 Å². The number of aromatic nitrogens is 5. The molecule has 0 fully saturated rings. The molecule has 3 aromatic heterocycles. The Kier molecular flexibility index (Phi) is 3.33. The van der Waals surface area contributed by atoms with Crippen molar-refractivity contribution in [3.63, 3.8) is 0 Å². The molecule has 0 unspecified atom stereocenters. The Labute approximate surface area is 120 Å². The topological polar surface area (TPSA) is 56.5 Å². The number of nitrogens with zero attached hydrogens (tertiary/aromatic N) is 5. The van der Waals surface area contributed by atoms with Crippen LogP contribution in [0.25, 0.3) is 5.00 Å². The van der Waals surface area contributed by atoms with Crippen molar-refractivity contribution in [2.24, 2.45) is 0 Å². The molecule has 0 aliphatic rings. The van der Waals surface area contributed by atoms with Gasteiger partial charge in [-0.1, -0.05) is 22.9 Å². The third-order valence-electron chi connectivity index (χ3n) is 2.01. The molecule has 0 aromatic carbocycles. The van der Waals surface area contributed by atoms with E-state index in [4.69, 9.17) is 11.6 Å². The van der Waals surface area contributed by atoms with Crippen molar-refractivity contribution >= 4 is 46.0 Å². The van der Waals surface area contributed by atoms with Crippen LogP contribution in [0, 0.1) is 6.92 Å². The van der Waals surface area contributed by atoms with E-state index in [9.17, 15) is 0 Å². The summed E-state index contributed by atoms with van der Waals surface area (Å²) in [5.41, 5.74) is 0. The molecule has 0 aliphatic carbocycles. The quantitative estimate of drug-likeness (QED) is 0.742. The van der Waals surface area contributed by atoms with Crippen LogP contribution in [-0.4, -0.2) is 25.2 Å². The summed E-state index contributed by atoms with van der Waals surface area (Å²) < 4.78 is 3.19. The summed E-state index contributed by atoms with van der Waals surface area (Å²) in [4.78, 5) is 5.39. The number of rotatable bonds is 3. The average molecular weight is 316 g/mol. The first-order valence-electron chi connectivity index (χ1n) is 4.87. The highest BCUT2D eigenvalue weighted by atomic mass is 35.5. The predicted octanol–water partition coefficient (Wildman–Crippen LogP) is 3.29. The third-order valence-corrected chi connectivity index (χ3v) is 5.11. The van der Waals surface area contributed by atoms with Gasteiger partial charge in [0.1, 0.15) is 9.34 Å². The van der Waals surface area contributed by atoms with Gasteiger partial charge in [0, 0.05) is 4.88 Å². The number of hydrogen-bond donors (Lipinski definition) is 0. The van der Waals surface area contributed by atoms with E-state index in [-0.39, 0.29) is 0 Å². The van der Waals surface area contributed by atoms with Crippen LogP contribution in [-0.2, 0) is 0 Å². The zero-order chi connectivity index (χ0) is 12.5. The number of thiophene rings is 1. The van der Waals surface area contributed by atoms with E-state index in [0.717, 1.165) is 9.34 Å². The third kappa shape index (κ3) is 2.41. The minimum atomic E-state index is 0.656. The Bertz CT molecular complexity index is 673. The number of thiazole rings is 1. The summed E-state index contributed by atoms with van der Waals surface area (Å²) in [5.74, 6) is 0. The fourth-order valence-electron chi connectivity index (χ4n) is 1.28. The van der Waals surface area contributed by atoms with Gasteiger partial charge < -0.3 is 0 Å². The highest BCUT2D eigenvalue weighted by Gasteiger charge is 2.13. The fraction of sp³-hybridized carbons (Fsp3) is 0.111. The summed E-state index contributed by atoms with van der Waals surface area (Å²) in [6.07, 6.45) is 1.62. The molecule has 0 aliphatic heterocycles. The van der Waals surface area contributed by atoms with E-state index in [1.807, 2.05) is 19.1 Å². The first-order valence-corrected chi connectivity index (χ1v) is 7.69. The van der Waals surface area contributed by atoms with Gasteiger partial charge in [-0.15, -0.1) is 16.4 Å². The zero-order valence-corrected chi connectivity index (χ0v) is 12.3. The minimum absolute atomic E-state index is 0.656. The van der Waals surface area contributed by atoms with Crippen LogP contribution in [0.4, 0.5) is 0 Å². The van der Waals surface area contributed by atoms with E-state index in [0.29, 0.717) is 9.49 Å². The molecule has 0 amide bonds. The molecular formula is C9H6ClN5S3. The van der Waals surface area contributed by atoms with Gasteiger partial charge in [-0.25, -0.2) is 4.98 Å². The lowest BCUT2D eigenvalue weighted by atomic mass is 10.5. The molecule has 0 spiro atoms. The van der Waals surface area contributed by atoms with Crippen molar-refractivity contribution in [1.29, 1.82) is 0 Å². The standard InChI is InChI=1S/C9H6ClN5S3/c1-5-2-3-7(16-5)15-8(12-13-14-15)18-9-11-4-6(10)17-9/h2-4H,1H3. The SMILES string of the molecule is Cc1ccc(-n2nnnc2Sc2ncc(Cl)s2)s1. The Morgan fingerprint density at radius 3 is 2.89 bits per heavy atom. The van der Waals surface area contributed by atoms with Crippen LogP contribution >= 0.6 is 46.0 Å². The zero-order valence-electron chi connectivity index (χ0n) is 9.07. The van der Waals surface area contributed by atoms with Crippen molar-refractivity contribution in [2.45, 2.75) is 16.4 Å². The van der Waals surface area contributed by atoms with Crippen LogP contribution in [0.1, 0.15) is 4.88 Å². The van der Waals surface area contributed by atoms with Crippen LogP contribution in [0.2, 0.25) is 4.34 Å². The monoisotopic (exact) mass is 315 g/mol. The van der Waals surface area contributed by atoms with Crippen molar-refractivity contribution in [2.75, 3.05) is 0 Å². The summed E-state index contributed by atoms with van der Waals surface area (Å²) in [6.45, 7) is 2.05. The Balaban J connectivity index is 1.92. The summed E-state index contributed by atoms with van der Waals surface area (Å²) in [5, 5.41) is 13.4. The van der Waals surface area contributed by atoms with Gasteiger partial charge in [-0.05, 0) is 41.2 Å². The van der Waals surface area contributed by atoms with Crippen molar-refractivity contribution in [3.05, 3.63) is 27.5 Å². The normalized spacial score (nSPS) is 11.0. The summed E-state index contributed by atoms with van der Waals surface area (Å²) in [7, 11) is 0. The van der Waals surface area contributed by atoms with Crippen LogP contribution in [0.15, 0.2) is 27.8 Å². The highest BCUT2D eigenvalue weighted by Crippen LogP contribution is 2.33. The second kappa shape index (κ2) is 4.96. The number of hydrogen-bond acceptors (Lipinski definition) is 7. The maximum Gasteiger partial charge on any atom is 0.221 e. The smallest absolute Gasteiger partial charge is 0.221 e. The van der Waals surface area contributed by atoms with E-state index in [1.165, 1.54) is 28.0 Å². The first kappa shape index (κ1) is 12.1. The molecule has 0 atom stereocenters. The number of aryl methyl sites for hydroxylation is 1. The van der Waals surface area contributed by atoms with Gasteiger partial charge in [0.15, 0.2) is 4.34 Å². The number of tetrazole rings is 1. The van der Waals surface area contributed by atoms with Crippen LogP contribution in [0.5, 0.6) is 0 Å². The predicted molar refractivity (Wildman–Crippen MR) is 73.0 cm³/mol. The molecular weight excluding hydrogens is 310 g/mol. The van der Waals surface area contributed by atoms with Crippen LogP contribution < -0.4 is 0 Å². The Morgan fingerprint density at radius 2 is 2.22 bits per heavy atom. The second-order valence-corrected chi connectivity index (χ2v) is 7.43. The first-order chi connectivity index (χ1) is 8.72. The average Bonchev–Trinajstić information content (AvgIpc) is 3.01. The van der Waals surface area contributed by atoms with Gasteiger partial charge in [0.05, 0.1) is 6.20 Å². The van der Waals surface area contributed by atoms with Crippen molar-refractivity contribution in [1.82, 2.24) is 25.2 Å². The maximum absolute atomic E-state index is 5.85. The van der Waals surface area contributed by atoms with E-state index >= 15 is 0 Å². The van der Waals surface area contributed by atoms with E-state index in [1.54, 1.807) is 22.2 Å². The summed E-state index contributed by atoms with van der Waals surface area (Å²) >= 11 is 10.3. The lowest BCUT2D eigenvalue weighted by molar-refractivity contribution is 0.768. The molecule has 9 heteroatoms. The van der Waals surface area contributed by atoms with Gasteiger partial charge in [0.25, 0.3) is 0 Å². The van der Waals surface area contributed by atoms with E-state index < -0.39 is 0 Å². The fourth-order valence-corrected chi connectivity index (χ4v) is 4.15. The van der Waals surface area contributed by atoms with Gasteiger partial charge in [-0.3, -0.25) is 0 Å². The highest BCUT2D eigenvalue weighted by molar-refractivity contribution is 8.00. The molecule has 0 saturated carbocycles. The summed E-state index contributed by atoms with van der Waals surface area (Å²) in [6, 6.07) is 4.03. The molecule has 0 saturated heterocycles. The van der Waals surface area contributed by atoms with Crippen molar-refractivity contribution < 1.29 is 0 Å². The molecule has 3 heterocycles. The molecule has 0 N–H and O–H groups in total. The molecule has 3 aromatic rings. The maximum atomic E-state index is 5.85. The minimum Gasteiger partial charge on any atom is -0.236 e. The molecule has 5 nitrogen and oxygen atoms in total. The van der Waals surface area contributed by atoms with Crippen LogP contribution in [0.3, 0.4) is 0 Å². The molecule has 0 radical (unpaired) electrons. The Hall–Kier alpha value is -0.960. The van der Waals surface area contributed by atoms with E-state index in [2.05, 4.69) is 20.5 Å². The lowest BCUT2D eigenvalue weighted by Gasteiger charge is -1.98. The Morgan fingerprint density at radius 1 is 1.33 bits per heavy atom. The molecule has 3 rings (SSSR count). The van der Waals surface area contributed by atoms with Gasteiger partial charge in [-0.2, -0.15) is 4.68 Å². The second-order valence-electron chi connectivity index (χ2n) is 3.29. The molecule has 0 bridgehead atoms. The molecule has 18 heavy (non-hydrogen) atoms. The van der Waals surface area contributed by atoms with Crippen molar-refractivity contribution in [3.8, 4) is 5.00 Å². The largest absolute Gasteiger partial charge is 0.236 e. The lowest BCUT2D eigenvalue weighted by Crippen LogP contribution is -1.95. The number of halogens is 1. The van der Waals surface area contributed by atoms with Gasteiger partial charge in [0.2, 0.25) is 5.16 Å².